The van der Waals surface area contributed by atoms with Gasteiger partial charge in [0.15, 0.2) is 0 Å². The standard InChI is InChI=1S/C19H30N4O6/c1-7-27-17(25)11(2)12(3)20-15(24)14-21-16(29-22-14)13-9-8-10-23(13)18(26)28-19(4,5)6/h11-13H,7-10H2,1-6H3,(H,20,24)/t11-,12+,13-/m1/s1. The number of rotatable bonds is 6. The summed E-state index contributed by atoms with van der Waals surface area (Å²) in [6.07, 6.45) is 0.946. The van der Waals surface area contributed by atoms with Gasteiger partial charge in [-0.05, 0) is 54.4 Å². The second-order valence-electron chi connectivity index (χ2n) is 8.09. The van der Waals surface area contributed by atoms with Crippen LogP contribution < -0.4 is 5.32 Å². The summed E-state index contributed by atoms with van der Waals surface area (Å²) in [5.41, 5.74) is -0.615. The number of amides is 2. The molecule has 1 saturated heterocycles. The third-order valence-corrected chi connectivity index (χ3v) is 4.58. The van der Waals surface area contributed by atoms with E-state index in [1.54, 1.807) is 41.5 Å². The molecule has 3 atom stereocenters. The number of nitrogens with zero attached hydrogens (tertiary/aromatic N) is 3. The lowest BCUT2D eigenvalue weighted by Crippen LogP contribution is -2.41. The van der Waals surface area contributed by atoms with Crippen LogP contribution in [0.5, 0.6) is 0 Å². The molecule has 1 N–H and O–H groups in total. The predicted molar refractivity (Wildman–Crippen MR) is 102 cm³/mol. The van der Waals surface area contributed by atoms with Gasteiger partial charge in [-0.25, -0.2) is 4.79 Å². The normalized spacial score (nSPS) is 18.8. The zero-order valence-electron chi connectivity index (χ0n) is 17.9. The van der Waals surface area contributed by atoms with E-state index in [0.717, 1.165) is 6.42 Å². The van der Waals surface area contributed by atoms with Crippen molar-refractivity contribution < 1.29 is 28.4 Å². The van der Waals surface area contributed by atoms with Gasteiger partial charge >= 0.3 is 12.1 Å². The summed E-state index contributed by atoms with van der Waals surface area (Å²) in [6.45, 7) is 11.3. The SMILES string of the molecule is CCOC(=O)[C@H](C)[C@H](C)NC(=O)c1noc([C@H]2CCCN2C(=O)OC(C)(C)C)n1. The van der Waals surface area contributed by atoms with Crippen LogP contribution in [0.3, 0.4) is 0 Å². The summed E-state index contributed by atoms with van der Waals surface area (Å²) in [7, 11) is 0. The van der Waals surface area contributed by atoms with Crippen LogP contribution in [0.1, 0.15) is 76.9 Å². The zero-order valence-corrected chi connectivity index (χ0v) is 17.9. The summed E-state index contributed by atoms with van der Waals surface area (Å²) in [4.78, 5) is 42.3. The van der Waals surface area contributed by atoms with E-state index in [1.165, 1.54) is 4.90 Å². The minimum Gasteiger partial charge on any atom is -0.466 e. The Morgan fingerprint density at radius 3 is 2.62 bits per heavy atom. The van der Waals surface area contributed by atoms with Crippen molar-refractivity contribution in [2.24, 2.45) is 5.92 Å². The lowest BCUT2D eigenvalue weighted by Gasteiger charge is -2.26. The van der Waals surface area contributed by atoms with Crippen LogP contribution >= 0.6 is 0 Å². The molecule has 0 aromatic carbocycles. The molecule has 0 saturated carbocycles. The fourth-order valence-corrected chi connectivity index (χ4v) is 2.90. The van der Waals surface area contributed by atoms with Gasteiger partial charge in [0.2, 0.25) is 5.89 Å². The fourth-order valence-electron chi connectivity index (χ4n) is 2.90. The molecule has 2 amide bonds. The average molecular weight is 410 g/mol. The summed E-state index contributed by atoms with van der Waals surface area (Å²) in [6, 6.07) is -0.914. The van der Waals surface area contributed by atoms with Crippen molar-refractivity contribution in [2.75, 3.05) is 13.2 Å². The molecule has 0 spiro atoms. The first-order valence-electron chi connectivity index (χ1n) is 9.84. The highest BCUT2D eigenvalue weighted by Gasteiger charge is 2.37. The molecule has 1 aliphatic rings. The monoisotopic (exact) mass is 410 g/mol. The molecule has 0 bridgehead atoms. The van der Waals surface area contributed by atoms with Crippen molar-refractivity contribution in [1.29, 1.82) is 0 Å². The number of likely N-dealkylation sites (tertiary alicyclic amines) is 1. The maximum absolute atomic E-state index is 12.4. The van der Waals surface area contributed by atoms with E-state index in [4.69, 9.17) is 14.0 Å². The molecule has 29 heavy (non-hydrogen) atoms. The highest BCUT2D eigenvalue weighted by Crippen LogP contribution is 2.32. The third-order valence-electron chi connectivity index (χ3n) is 4.58. The van der Waals surface area contributed by atoms with Gasteiger partial charge < -0.3 is 19.3 Å². The highest BCUT2D eigenvalue weighted by molar-refractivity contribution is 5.90. The summed E-state index contributed by atoms with van der Waals surface area (Å²) < 4.78 is 15.6. The Labute approximate surface area is 170 Å². The van der Waals surface area contributed by atoms with Crippen molar-refractivity contribution >= 4 is 18.0 Å². The molecule has 0 unspecified atom stereocenters. The fraction of sp³-hybridized carbons (Fsp3) is 0.737. The molecule has 0 aliphatic carbocycles. The summed E-state index contributed by atoms with van der Waals surface area (Å²) >= 11 is 0. The smallest absolute Gasteiger partial charge is 0.410 e. The van der Waals surface area contributed by atoms with Crippen LogP contribution in [0.15, 0.2) is 4.52 Å². The van der Waals surface area contributed by atoms with Crippen molar-refractivity contribution in [1.82, 2.24) is 20.4 Å². The van der Waals surface area contributed by atoms with Gasteiger partial charge in [0.25, 0.3) is 11.7 Å². The minimum atomic E-state index is -0.615. The minimum absolute atomic E-state index is 0.154. The van der Waals surface area contributed by atoms with Crippen LogP contribution in [0.4, 0.5) is 4.79 Å². The second kappa shape index (κ2) is 9.23. The molecular formula is C19H30N4O6. The molecular weight excluding hydrogens is 380 g/mol. The largest absolute Gasteiger partial charge is 0.466 e. The molecule has 2 heterocycles. The van der Waals surface area contributed by atoms with Crippen molar-refractivity contribution in [3.05, 3.63) is 11.7 Å². The van der Waals surface area contributed by atoms with Crippen molar-refractivity contribution in [3.8, 4) is 0 Å². The lowest BCUT2D eigenvalue weighted by molar-refractivity contribution is -0.148. The number of carbonyl (C=O) groups is 3. The predicted octanol–water partition coefficient (Wildman–Crippen LogP) is 2.46. The quantitative estimate of drug-likeness (QED) is 0.709. The Morgan fingerprint density at radius 1 is 1.31 bits per heavy atom. The molecule has 162 valence electrons. The highest BCUT2D eigenvalue weighted by atomic mass is 16.6. The van der Waals surface area contributed by atoms with Crippen molar-refractivity contribution in [2.45, 2.75) is 72.1 Å². The van der Waals surface area contributed by atoms with E-state index in [2.05, 4.69) is 15.5 Å². The van der Waals surface area contributed by atoms with Gasteiger partial charge in [0, 0.05) is 12.6 Å². The molecule has 1 aliphatic heterocycles. The molecule has 10 nitrogen and oxygen atoms in total. The molecule has 0 radical (unpaired) electrons. The Bertz CT molecular complexity index is 741. The first kappa shape index (κ1) is 22.6. The maximum atomic E-state index is 12.4. The molecule has 1 aromatic rings. The van der Waals surface area contributed by atoms with Gasteiger partial charge in [0.05, 0.1) is 12.5 Å². The molecule has 10 heteroatoms. The first-order valence-corrected chi connectivity index (χ1v) is 9.84. The van der Waals surface area contributed by atoms with Gasteiger partial charge in [0.1, 0.15) is 11.6 Å². The number of hydrogen-bond acceptors (Lipinski definition) is 8. The van der Waals surface area contributed by atoms with E-state index in [9.17, 15) is 14.4 Å². The molecule has 2 rings (SSSR count). The number of hydrogen-bond donors (Lipinski definition) is 1. The second-order valence-corrected chi connectivity index (χ2v) is 8.09. The zero-order chi connectivity index (χ0) is 21.8. The average Bonchev–Trinajstić information content (AvgIpc) is 3.28. The number of ether oxygens (including phenoxy) is 2. The number of esters is 1. The number of nitrogens with one attached hydrogen (secondary N) is 1. The topological polar surface area (TPSA) is 124 Å². The van der Waals surface area contributed by atoms with Crippen LogP contribution in [-0.4, -0.2) is 57.8 Å². The Hall–Kier alpha value is -2.65. The van der Waals surface area contributed by atoms with Gasteiger partial charge in [-0.2, -0.15) is 4.98 Å². The van der Waals surface area contributed by atoms with Crippen LogP contribution in [0, 0.1) is 5.92 Å². The van der Waals surface area contributed by atoms with E-state index in [1.807, 2.05) is 0 Å². The molecule has 1 fully saturated rings. The van der Waals surface area contributed by atoms with E-state index >= 15 is 0 Å². The Kier molecular flexibility index (Phi) is 7.21. The lowest BCUT2D eigenvalue weighted by atomic mass is 10.0. The molecule has 1 aromatic heterocycles. The van der Waals surface area contributed by atoms with Crippen LogP contribution in [-0.2, 0) is 14.3 Å². The first-order chi connectivity index (χ1) is 13.5. The van der Waals surface area contributed by atoms with Gasteiger partial charge in [-0.1, -0.05) is 5.16 Å². The van der Waals surface area contributed by atoms with Crippen molar-refractivity contribution in [3.63, 3.8) is 0 Å². The van der Waals surface area contributed by atoms with Crippen LogP contribution in [0.2, 0.25) is 0 Å². The summed E-state index contributed by atoms with van der Waals surface area (Å²) in [5.74, 6) is -1.45. The van der Waals surface area contributed by atoms with E-state index < -0.39 is 41.6 Å². The maximum Gasteiger partial charge on any atom is 0.410 e. The van der Waals surface area contributed by atoms with Gasteiger partial charge in [-0.15, -0.1) is 0 Å². The Balaban J connectivity index is 2.03. The summed E-state index contributed by atoms with van der Waals surface area (Å²) in [5, 5.41) is 6.40. The van der Waals surface area contributed by atoms with Gasteiger partial charge in [-0.3, -0.25) is 14.5 Å². The van der Waals surface area contributed by atoms with E-state index in [-0.39, 0.29) is 18.3 Å². The van der Waals surface area contributed by atoms with Crippen LogP contribution in [0.25, 0.3) is 0 Å². The third kappa shape index (κ3) is 5.91. The Morgan fingerprint density at radius 2 is 2.00 bits per heavy atom. The van der Waals surface area contributed by atoms with E-state index in [0.29, 0.717) is 13.0 Å². The number of carbonyl (C=O) groups excluding carboxylic acids is 3. The number of aromatic nitrogens is 2.